The van der Waals surface area contributed by atoms with E-state index in [0.717, 1.165) is 31.3 Å². The zero-order valence-corrected chi connectivity index (χ0v) is 21.4. The Hall–Kier alpha value is -2.29. The standard InChI is InChI=1S/C25H25Cl2N3O4.ClH/c1-15-28-29-25(33-15)24-12-19-22(3-2-4-23(19)34-24)32-14-18(31)13-30-9-7-16(8-10-30)17-5-6-20(26)21(27)11-17;/h2-6,11-12,16,18,31H,7-10,13-14H2,1H3;1H/t18-;/m0./s1. The van der Waals surface area contributed by atoms with E-state index in [4.69, 9.17) is 36.8 Å². The number of fused-ring (bicyclic) bond motifs is 1. The predicted octanol–water partition coefficient (Wildman–Crippen LogP) is 6.14. The summed E-state index contributed by atoms with van der Waals surface area (Å²) >= 11 is 12.2. The zero-order chi connectivity index (χ0) is 23.7. The van der Waals surface area contributed by atoms with E-state index in [9.17, 15) is 5.11 Å². The summed E-state index contributed by atoms with van der Waals surface area (Å²) < 4.78 is 17.2. The maximum absolute atomic E-state index is 10.6. The third-order valence-corrected chi connectivity index (χ3v) is 6.90. The van der Waals surface area contributed by atoms with Gasteiger partial charge in [-0.3, -0.25) is 0 Å². The molecule has 1 aliphatic heterocycles. The molecule has 5 rings (SSSR count). The molecule has 0 radical (unpaired) electrons. The van der Waals surface area contributed by atoms with Crippen molar-refractivity contribution < 1.29 is 18.7 Å². The molecule has 0 bridgehead atoms. The number of benzene rings is 2. The van der Waals surface area contributed by atoms with Crippen molar-refractivity contribution in [3.63, 3.8) is 0 Å². The average Bonchev–Trinajstić information content (AvgIpc) is 3.46. The highest BCUT2D eigenvalue weighted by Gasteiger charge is 2.23. The van der Waals surface area contributed by atoms with E-state index in [-0.39, 0.29) is 19.0 Å². The van der Waals surface area contributed by atoms with Crippen LogP contribution in [0.5, 0.6) is 5.75 Å². The first-order valence-corrected chi connectivity index (χ1v) is 12.0. The fraction of sp³-hybridized carbons (Fsp3) is 0.360. The van der Waals surface area contributed by atoms with Crippen molar-refractivity contribution in [1.29, 1.82) is 0 Å². The van der Waals surface area contributed by atoms with Gasteiger partial charge in [0, 0.05) is 19.5 Å². The second-order valence-electron chi connectivity index (χ2n) is 8.62. The van der Waals surface area contributed by atoms with Crippen molar-refractivity contribution in [3.8, 4) is 17.4 Å². The summed E-state index contributed by atoms with van der Waals surface area (Å²) in [6, 6.07) is 13.3. The van der Waals surface area contributed by atoms with Crippen LogP contribution in [0.2, 0.25) is 10.0 Å². The number of hydrogen-bond donors (Lipinski definition) is 1. The second kappa shape index (κ2) is 11.2. The van der Waals surface area contributed by atoms with E-state index < -0.39 is 6.10 Å². The number of aliphatic hydroxyl groups is 1. The quantitative estimate of drug-likeness (QED) is 0.302. The number of rotatable bonds is 7. The van der Waals surface area contributed by atoms with Gasteiger partial charge in [-0.1, -0.05) is 35.3 Å². The molecular formula is C25H26Cl3N3O4. The molecule has 3 heterocycles. The molecule has 4 aromatic rings. The third-order valence-electron chi connectivity index (χ3n) is 6.16. The van der Waals surface area contributed by atoms with Crippen LogP contribution in [0, 0.1) is 6.92 Å². The summed E-state index contributed by atoms with van der Waals surface area (Å²) in [6.07, 6.45) is 1.41. The van der Waals surface area contributed by atoms with Crippen LogP contribution in [-0.2, 0) is 0 Å². The summed E-state index contributed by atoms with van der Waals surface area (Å²) in [5.74, 6) is 2.37. The van der Waals surface area contributed by atoms with Crippen molar-refractivity contribution in [1.82, 2.24) is 15.1 Å². The summed E-state index contributed by atoms with van der Waals surface area (Å²) in [6.45, 7) is 4.29. The molecule has 1 atom stereocenters. The SMILES string of the molecule is Cc1nnc(-c2cc3c(OC[C@@H](O)CN4CCC(c5ccc(Cl)c(Cl)c5)CC4)cccc3o2)o1.Cl. The van der Waals surface area contributed by atoms with E-state index in [1.807, 2.05) is 36.4 Å². The maximum atomic E-state index is 10.6. The number of aromatic nitrogens is 2. The number of β-amino-alcohol motifs (C(OH)–C–C–N with tert-alkyl or cyclic N) is 1. The van der Waals surface area contributed by atoms with Gasteiger partial charge in [0.1, 0.15) is 24.0 Å². The Bertz CT molecular complexity index is 1280. The first-order chi connectivity index (χ1) is 16.5. The van der Waals surface area contributed by atoms with Crippen molar-refractivity contribution in [2.75, 3.05) is 26.2 Å². The Kier molecular flexibility index (Phi) is 8.24. The molecule has 1 fully saturated rings. The highest BCUT2D eigenvalue weighted by Crippen LogP contribution is 2.34. The van der Waals surface area contributed by atoms with Gasteiger partial charge in [0.25, 0.3) is 5.89 Å². The fourth-order valence-corrected chi connectivity index (χ4v) is 4.72. The highest BCUT2D eigenvalue weighted by atomic mass is 35.5. The lowest BCUT2D eigenvalue weighted by Crippen LogP contribution is -2.40. The predicted molar refractivity (Wildman–Crippen MR) is 138 cm³/mol. The van der Waals surface area contributed by atoms with E-state index in [1.54, 1.807) is 6.92 Å². The normalized spacial score (nSPS) is 15.8. The topological polar surface area (TPSA) is 84.8 Å². The molecule has 2 aromatic carbocycles. The number of hydrogen-bond acceptors (Lipinski definition) is 7. The molecular weight excluding hydrogens is 513 g/mol. The Morgan fingerprint density at radius 1 is 1.09 bits per heavy atom. The highest BCUT2D eigenvalue weighted by molar-refractivity contribution is 6.42. The van der Waals surface area contributed by atoms with Crippen LogP contribution in [0.4, 0.5) is 0 Å². The first-order valence-electron chi connectivity index (χ1n) is 11.3. The minimum absolute atomic E-state index is 0. The Labute approximate surface area is 219 Å². The van der Waals surface area contributed by atoms with Crippen molar-refractivity contribution in [3.05, 3.63) is 64.0 Å². The van der Waals surface area contributed by atoms with E-state index in [0.29, 0.717) is 51.4 Å². The van der Waals surface area contributed by atoms with Gasteiger partial charge in [-0.15, -0.1) is 22.6 Å². The van der Waals surface area contributed by atoms with Crippen LogP contribution < -0.4 is 4.74 Å². The first kappa shape index (κ1) is 25.8. The molecule has 186 valence electrons. The van der Waals surface area contributed by atoms with Gasteiger partial charge >= 0.3 is 0 Å². The van der Waals surface area contributed by atoms with E-state index in [1.165, 1.54) is 5.56 Å². The number of likely N-dealkylation sites (tertiary alicyclic amines) is 1. The number of halogens is 3. The van der Waals surface area contributed by atoms with Gasteiger partial charge in [0.15, 0.2) is 5.76 Å². The molecule has 1 saturated heterocycles. The Morgan fingerprint density at radius 3 is 2.60 bits per heavy atom. The maximum Gasteiger partial charge on any atom is 0.283 e. The van der Waals surface area contributed by atoms with Gasteiger partial charge in [0.05, 0.1) is 15.4 Å². The average molecular weight is 539 g/mol. The van der Waals surface area contributed by atoms with Gasteiger partial charge in [-0.2, -0.15) is 0 Å². The van der Waals surface area contributed by atoms with Gasteiger partial charge in [-0.05, 0) is 61.7 Å². The molecule has 2 aromatic heterocycles. The molecule has 0 unspecified atom stereocenters. The lowest BCUT2D eigenvalue weighted by Gasteiger charge is -2.33. The monoisotopic (exact) mass is 537 g/mol. The fourth-order valence-electron chi connectivity index (χ4n) is 4.41. The summed E-state index contributed by atoms with van der Waals surface area (Å²) in [4.78, 5) is 2.27. The number of aryl methyl sites for hydroxylation is 1. The molecule has 0 spiro atoms. The van der Waals surface area contributed by atoms with Crippen LogP contribution in [0.3, 0.4) is 0 Å². The van der Waals surface area contributed by atoms with Crippen LogP contribution >= 0.6 is 35.6 Å². The molecule has 1 aliphatic rings. The zero-order valence-electron chi connectivity index (χ0n) is 19.1. The van der Waals surface area contributed by atoms with Crippen LogP contribution in [0.25, 0.3) is 22.6 Å². The molecule has 35 heavy (non-hydrogen) atoms. The van der Waals surface area contributed by atoms with Gasteiger partial charge in [-0.25, -0.2) is 0 Å². The Balaban J connectivity index is 0.00000289. The number of ether oxygens (including phenoxy) is 1. The van der Waals surface area contributed by atoms with Crippen molar-refractivity contribution >= 4 is 46.6 Å². The number of aliphatic hydroxyl groups excluding tert-OH is 1. The smallest absolute Gasteiger partial charge is 0.283 e. The third kappa shape index (κ3) is 5.93. The second-order valence-corrected chi connectivity index (χ2v) is 9.43. The van der Waals surface area contributed by atoms with Crippen LogP contribution in [-0.4, -0.2) is 52.5 Å². The number of furan rings is 1. The van der Waals surface area contributed by atoms with E-state index in [2.05, 4.69) is 21.2 Å². The van der Waals surface area contributed by atoms with Crippen molar-refractivity contribution in [2.45, 2.75) is 31.8 Å². The molecule has 1 N–H and O–H groups in total. The molecule has 7 nitrogen and oxygen atoms in total. The summed E-state index contributed by atoms with van der Waals surface area (Å²) in [7, 11) is 0. The lowest BCUT2D eigenvalue weighted by atomic mass is 9.89. The lowest BCUT2D eigenvalue weighted by molar-refractivity contribution is 0.0599. The Morgan fingerprint density at radius 2 is 1.89 bits per heavy atom. The molecule has 10 heteroatoms. The largest absolute Gasteiger partial charge is 0.490 e. The van der Waals surface area contributed by atoms with Gasteiger partial charge < -0.3 is 23.6 Å². The minimum Gasteiger partial charge on any atom is -0.490 e. The van der Waals surface area contributed by atoms with Crippen LogP contribution in [0.15, 0.2) is 51.3 Å². The number of nitrogens with zero attached hydrogens (tertiary/aromatic N) is 3. The molecule has 0 aliphatic carbocycles. The molecule has 0 saturated carbocycles. The number of piperidine rings is 1. The minimum atomic E-state index is -0.609. The summed E-state index contributed by atoms with van der Waals surface area (Å²) in [5.41, 5.74) is 1.88. The van der Waals surface area contributed by atoms with Crippen molar-refractivity contribution in [2.24, 2.45) is 0 Å². The molecule has 0 amide bonds. The van der Waals surface area contributed by atoms with Crippen LogP contribution in [0.1, 0.15) is 30.2 Å². The summed E-state index contributed by atoms with van der Waals surface area (Å²) in [5, 5.41) is 20.4. The van der Waals surface area contributed by atoms with Gasteiger partial charge in [0.2, 0.25) is 5.89 Å². The van der Waals surface area contributed by atoms with E-state index >= 15 is 0 Å².